The van der Waals surface area contributed by atoms with Gasteiger partial charge in [-0.15, -0.1) is 0 Å². The van der Waals surface area contributed by atoms with Crippen LogP contribution in [0.2, 0.25) is 18.1 Å². The molecule has 0 aliphatic heterocycles. The predicted octanol–water partition coefficient (Wildman–Crippen LogP) is 5.35. The Morgan fingerprint density at radius 3 is 2.19 bits per heavy atom. The van der Waals surface area contributed by atoms with Crippen LogP contribution in [0, 0.1) is 0 Å². The van der Waals surface area contributed by atoms with Crippen molar-refractivity contribution in [2.45, 2.75) is 84.9 Å². The maximum Gasteiger partial charge on any atom is 0.509 e. The summed E-state index contributed by atoms with van der Waals surface area (Å²) in [5, 5.41) is 3.08. The van der Waals surface area contributed by atoms with Gasteiger partial charge in [-0.25, -0.2) is 4.79 Å². The number of esters is 1. The van der Waals surface area contributed by atoms with Gasteiger partial charge in [-0.05, 0) is 63.6 Å². The normalized spacial score (nSPS) is 13.5. The number of hydrogen-bond acceptors (Lipinski definition) is 7. The third-order valence-electron chi connectivity index (χ3n) is 5.12. The van der Waals surface area contributed by atoms with E-state index in [4.69, 9.17) is 18.6 Å². The first kappa shape index (κ1) is 27.1. The van der Waals surface area contributed by atoms with Gasteiger partial charge in [-0.2, -0.15) is 0 Å². The van der Waals surface area contributed by atoms with E-state index in [0.717, 1.165) is 11.1 Å². The van der Waals surface area contributed by atoms with Gasteiger partial charge in [-0.3, -0.25) is 4.79 Å². The minimum absolute atomic E-state index is 0.0424. The van der Waals surface area contributed by atoms with Gasteiger partial charge in [0.05, 0.1) is 6.61 Å². The lowest BCUT2D eigenvalue weighted by Gasteiger charge is -2.36. The van der Waals surface area contributed by atoms with Crippen LogP contribution < -0.4 is 10.1 Å². The molecule has 8 heteroatoms. The third kappa shape index (κ3) is 9.01. The van der Waals surface area contributed by atoms with Crippen LogP contribution in [-0.4, -0.2) is 39.6 Å². The highest BCUT2D eigenvalue weighted by Crippen LogP contribution is 2.38. The van der Waals surface area contributed by atoms with Crippen molar-refractivity contribution in [3.8, 4) is 5.75 Å². The molecule has 0 aromatic heterocycles. The van der Waals surface area contributed by atoms with Gasteiger partial charge in [0.1, 0.15) is 17.5 Å². The molecule has 1 rings (SSSR count). The van der Waals surface area contributed by atoms with Crippen molar-refractivity contribution >= 4 is 20.4 Å². The monoisotopic (exact) mass is 453 g/mol. The smallest absolute Gasteiger partial charge is 0.429 e. The molecule has 0 fully saturated rings. The summed E-state index contributed by atoms with van der Waals surface area (Å²) in [4.78, 5) is 23.8. The molecule has 7 nitrogen and oxygen atoms in total. The van der Waals surface area contributed by atoms with Gasteiger partial charge in [-0.1, -0.05) is 26.8 Å². The molecule has 0 bridgehead atoms. The highest BCUT2D eigenvalue weighted by Gasteiger charge is 2.37. The predicted molar refractivity (Wildman–Crippen MR) is 124 cm³/mol. The third-order valence-corrected chi connectivity index (χ3v) is 9.60. The molecular weight excluding hydrogens is 414 g/mol. The van der Waals surface area contributed by atoms with Crippen molar-refractivity contribution in [3.63, 3.8) is 0 Å². The van der Waals surface area contributed by atoms with Crippen LogP contribution in [0.1, 0.15) is 65.7 Å². The fourth-order valence-electron chi connectivity index (χ4n) is 2.44. The Morgan fingerprint density at radius 2 is 1.71 bits per heavy atom. The molecule has 0 spiro atoms. The van der Waals surface area contributed by atoms with E-state index in [1.165, 1.54) is 6.92 Å². The van der Waals surface area contributed by atoms with Crippen LogP contribution in [-0.2, 0) is 25.3 Å². The van der Waals surface area contributed by atoms with E-state index in [1.54, 1.807) is 40.0 Å². The fourth-order valence-corrected chi connectivity index (χ4v) is 3.39. The summed E-state index contributed by atoms with van der Waals surface area (Å²) >= 11 is 0. The Labute approximate surface area is 187 Å². The fraction of sp³-hybridized carbons (Fsp3) is 0.652. The number of carbonyl (C=O) groups is 2. The molecule has 0 saturated carbocycles. The summed E-state index contributed by atoms with van der Waals surface area (Å²) in [5.74, 6) is 0.0357. The molecule has 31 heavy (non-hydrogen) atoms. The Hall–Kier alpha value is -1.90. The molecule has 1 aromatic carbocycles. The van der Waals surface area contributed by atoms with Gasteiger partial charge in [0.25, 0.3) is 0 Å². The van der Waals surface area contributed by atoms with Gasteiger partial charge >= 0.3 is 12.1 Å². The summed E-state index contributed by atoms with van der Waals surface area (Å²) in [6, 6.07) is 5.35. The highest BCUT2D eigenvalue weighted by atomic mass is 28.4. The zero-order chi connectivity index (χ0) is 24.0. The average molecular weight is 454 g/mol. The summed E-state index contributed by atoms with van der Waals surface area (Å²) in [5.41, 5.74) is 0.833. The molecular formula is C23H39NO6Si. The SMILES string of the molecule is CNCC(OC(=O)OC(C)(C)C)c1ccc(OC(C)=O)c(CO[Si](C)(C)C(C)(C)C)c1. The number of likely N-dealkylation sites (N-methyl/N-ethyl adjacent to an activating group) is 1. The van der Waals surface area contributed by atoms with Crippen molar-refractivity contribution < 1.29 is 28.2 Å². The first-order chi connectivity index (χ1) is 14.1. The minimum atomic E-state index is -2.02. The number of rotatable bonds is 8. The number of ether oxygens (including phenoxy) is 3. The maximum atomic E-state index is 12.2. The quantitative estimate of drug-likeness (QED) is 0.323. The molecule has 0 saturated heterocycles. The second kappa shape index (κ2) is 10.6. The summed E-state index contributed by atoms with van der Waals surface area (Å²) in [7, 11) is -0.244. The molecule has 0 aliphatic rings. The van der Waals surface area contributed by atoms with Crippen molar-refractivity contribution in [2.75, 3.05) is 13.6 Å². The Kier molecular flexibility index (Phi) is 9.29. The lowest BCUT2D eigenvalue weighted by molar-refractivity contribution is -0.131. The summed E-state index contributed by atoms with van der Waals surface area (Å²) in [6.45, 7) is 18.2. The van der Waals surface area contributed by atoms with Gasteiger partial charge < -0.3 is 24.0 Å². The lowest BCUT2D eigenvalue weighted by atomic mass is 10.0. The van der Waals surface area contributed by atoms with Gasteiger partial charge in [0, 0.05) is 19.0 Å². The van der Waals surface area contributed by atoms with Crippen LogP contribution >= 0.6 is 0 Å². The second-order valence-corrected chi connectivity index (χ2v) is 14.9. The first-order valence-corrected chi connectivity index (χ1v) is 13.5. The van der Waals surface area contributed by atoms with Crippen molar-refractivity contribution in [3.05, 3.63) is 29.3 Å². The number of carbonyl (C=O) groups excluding carboxylic acids is 2. The Morgan fingerprint density at radius 1 is 1.10 bits per heavy atom. The van der Waals surface area contributed by atoms with Crippen LogP contribution in [0.3, 0.4) is 0 Å². The van der Waals surface area contributed by atoms with E-state index in [1.807, 2.05) is 6.07 Å². The highest BCUT2D eigenvalue weighted by molar-refractivity contribution is 6.74. The maximum absolute atomic E-state index is 12.2. The van der Waals surface area contributed by atoms with E-state index in [2.05, 4.69) is 39.2 Å². The topological polar surface area (TPSA) is 83.1 Å². The minimum Gasteiger partial charge on any atom is -0.429 e. The van der Waals surface area contributed by atoms with Gasteiger partial charge in [0.2, 0.25) is 0 Å². The molecule has 0 heterocycles. The molecule has 1 aromatic rings. The van der Waals surface area contributed by atoms with Crippen molar-refractivity contribution in [1.29, 1.82) is 0 Å². The molecule has 0 aliphatic carbocycles. The molecule has 176 valence electrons. The average Bonchev–Trinajstić information content (AvgIpc) is 2.57. The van der Waals surface area contributed by atoms with E-state index in [9.17, 15) is 9.59 Å². The first-order valence-electron chi connectivity index (χ1n) is 10.5. The van der Waals surface area contributed by atoms with Crippen LogP contribution in [0.4, 0.5) is 4.79 Å². The zero-order valence-corrected chi connectivity index (χ0v) is 21.7. The Bertz CT molecular complexity index is 764. The zero-order valence-electron chi connectivity index (χ0n) is 20.7. The van der Waals surface area contributed by atoms with Crippen molar-refractivity contribution in [1.82, 2.24) is 5.32 Å². The second-order valence-electron chi connectivity index (χ2n) is 10.1. The summed E-state index contributed by atoms with van der Waals surface area (Å²) < 4.78 is 22.6. The lowest BCUT2D eigenvalue weighted by Crippen LogP contribution is -2.40. The van der Waals surface area contributed by atoms with E-state index >= 15 is 0 Å². The standard InChI is InChI=1S/C23H39NO6Si/c1-16(25)28-19-12-11-17(13-18(19)15-27-31(9,10)23(5,6)7)20(14-24-8)29-21(26)30-22(2,3)4/h11-13,20,24H,14-15H2,1-10H3. The number of hydrogen-bond donors (Lipinski definition) is 1. The number of benzene rings is 1. The van der Waals surface area contributed by atoms with Gasteiger partial charge in [0.15, 0.2) is 8.32 Å². The van der Waals surface area contributed by atoms with E-state index in [-0.39, 0.29) is 5.04 Å². The molecule has 0 radical (unpaired) electrons. The Balaban J connectivity index is 3.20. The largest absolute Gasteiger partial charge is 0.509 e. The molecule has 0 amide bonds. The summed E-state index contributed by atoms with van der Waals surface area (Å²) in [6.07, 6.45) is -1.31. The van der Waals surface area contributed by atoms with Crippen LogP contribution in [0.15, 0.2) is 18.2 Å². The van der Waals surface area contributed by atoms with E-state index in [0.29, 0.717) is 18.9 Å². The molecule has 1 unspecified atom stereocenters. The molecule has 1 atom stereocenters. The molecule has 1 N–H and O–H groups in total. The van der Waals surface area contributed by atoms with E-state index < -0.39 is 32.1 Å². The van der Waals surface area contributed by atoms with Crippen LogP contribution in [0.5, 0.6) is 5.75 Å². The number of nitrogens with one attached hydrogen (secondary N) is 1. The van der Waals surface area contributed by atoms with Crippen molar-refractivity contribution in [2.24, 2.45) is 0 Å². The van der Waals surface area contributed by atoms with Crippen LogP contribution in [0.25, 0.3) is 0 Å².